The lowest BCUT2D eigenvalue weighted by atomic mass is 9.79. The van der Waals surface area contributed by atoms with Crippen LogP contribution in [0, 0.1) is 17.2 Å². The maximum absolute atomic E-state index is 14.0. The Balaban J connectivity index is 1.39. The molecular weight excluding hydrogens is 850 g/mol. The van der Waals surface area contributed by atoms with Crippen LogP contribution in [0.2, 0.25) is 0 Å². The molecule has 0 saturated carbocycles. The number of hydrogen-bond donors (Lipinski definition) is 1. The van der Waals surface area contributed by atoms with Crippen LogP contribution in [0.5, 0.6) is 11.5 Å². The Morgan fingerprint density at radius 1 is 0.831 bits per heavy atom. The second-order valence-electron chi connectivity index (χ2n) is 16.1. The van der Waals surface area contributed by atoms with Crippen molar-refractivity contribution < 1.29 is 42.3 Å². The number of aromatic nitrogens is 2. The van der Waals surface area contributed by atoms with Gasteiger partial charge in [-0.25, -0.2) is 9.46 Å². The van der Waals surface area contributed by atoms with Crippen molar-refractivity contribution in [2.24, 2.45) is 5.92 Å². The molecule has 1 N–H and O–H groups in total. The smallest absolute Gasteiger partial charge is 0.351 e. The highest BCUT2D eigenvalue weighted by atomic mass is 31.2. The molecule has 0 radical (unpaired) electrons. The fourth-order valence-corrected chi connectivity index (χ4v) is 10.2. The van der Waals surface area contributed by atoms with Crippen LogP contribution in [0.15, 0.2) is 126 Å². The SMILES string of the molecule is COC[C@H]1O[C@@H]2[C@@H](C(OP(OCCC#N)N(C(C)C)C(C)C)OC(c3ccccc3)(c3ccc(OC)cc3)c3ccc(OC)cc3)[C@@H]1O[C@H]2n1ccc(NC(=O)c2ccccc2)nc1=O. The number of carbonyl (C=O) groups excluding carboxylic acids is 1. The quantitative estimate of drug-likeness (QED) is 0.0326. The van der Waals surface area contributed by atoms with Gasteiger partial charge in [0.2, 0.25) is 0 Å². The van der Waals surface area contributed by atoms with Gasteiger partial charge in [0.05, 0.1) is 51.9 Å². The average molecular weight is 906 g/mol. The predicted molar refractivity (Wildman–Crippen MR) is 244 cm³/mol. The van der Waals surface area contributed by atoms with Gasteiger partial charge in [-0.3, -0.25) is 13.9 Å². The molecular formula is C49H56N5O10P. The summed E-state index contributed by atoms with van der Waals surface area (Å²) in [5.41, 5.74) is 0.683. The van der Waals surface area contributed by atoms with E-state index < -0.39 is 62.5 Å². The van der Waals surface area contributed by atoms with E-state index in [-0.39, 0.29) is 37.5 Å². The van der Waals surface area contributed by atoms with Crippen LogP contribution in [-0.4, -0.2) is 91.4 Å². The van der Waals surface area contributed by atoms with Crippen LogP contribution in [0.4, 0.5) is 5.82 Å². The van der Waals surface area contributed by atoms with E-state index in [0.717, 1.165) is 16.7 Å². The van der Waals surface area contributed by atoms with E-state index in [0.29, 0.717) is 17.1 Å². The summed E-state index contributed by atoms with van der Waals surface area (Å²) in [5.74, 6) is 0.271. The van der Waals surface area contributed by atoms with Gasteiger partial charge in [0.1, 0.15) is 35.1 Å². The zero-order valence-corrected chi connectivity index (χ0v) is 38.5. The molecule has 16 heteroatoms. The van der Waals surface area contributed by atoms with Crippen molar-refractivity contribution in [2.75, 3.05) is 39.9 Å². The Kier molecular flexibility index (Phi) is 15.8. The van der Waals surface area contributed by atoms with Crippen LogP contribution in [0.1, 0.15) is 67.4 Å². The van der Waals surface area contributed by atoms with Gasteiger partial charge in [-0.1, -0.05) is 72.8 Å². The maximum Gasteiger partial charge on any atom is 0.351 e. The molecule has 5 aromatic rings. The highest BCUT2D eigenvalue weighted by Gasteiger charge is 2.62. The summed E-state index contributed by atoms with van der Waals surface area (Å²) in [6.45, 7) is 8.53. The number of hydrogen-bond acceptors (Lipinski definition) is 13. The molecule has 15 nitrogen and oxygen atoms in total. The second kappa shape index (κ2) is 21.6. The van der Waals surface area contributed by atoms with E-state index in [1.807, 2.05) is 84.9 Å². The number of carbonyl (C=O) groups is 1. The Bertz CT molecular complexity index is 2360. The van der Waals surface area contributed by atoms with E-state index in [1.54, 1.807) is 51.7 Å². The number of nitriles is 1. The third-order valence-corrected chi connectivity index (χ3v) is 13.5. The minimum atomic E-state index is -1.93. The zero-order valence-electron chi connectivity index (χ0n) is 37.6. The first-order valence-electron chi connectivity index (χ1n) is 21.6. The van der Waals surface area contributed by atoms with Crippen molar-refractivity contribution in [3.8, 4) is 17.6 Å². The topological polar surface area (TPSA) is 165 Å². The molecule has 0 spiro atoms. The number of benzene rings is 4. The van der Waals surface area contributed by atoms with Crippen LogP contribution in [0.3, 0.4) is 0 Å². The molecule has 2 unspecified atom stereocenters. The molecule has 2 aliphatic heterocycles. The molecule has 0 aliphatic carbocycles. The van der Waals surface area contributed by atoms with Gasteiger partial charge >= 0.3 is 5.69 Å². The van der Waals surface area contributed by atoms with E-state index >= 15 is 0 Å². The van der Waals surface area contributed by atoms with Crippen molar-refractivity contribution in [1.82, 2.24) is 14.2 Å². The molecule has 342 valence electrons. The lowest BCUT2D eigenvalue weighted by molar-refractivity contribution is -0.181. The van der Waals surface area contributed by atoms with E-state index in [4.69, 9.17) is 37.5 Å². The first kappa shape index (κ1) is 47.4. The zero-order chi connectivity index (χ0) is 46.1. The first-order valence-corrected chi connectivity index (χ1v) is 22.7. The molecule has 4 aromatic carbocycles. The van der Waals surface area contributed by atoms with Crippen molar-refractivity contribution >= 4 is 20.3 Å². The van der Waals surface area contributed by atoms with Gasteiger partial charge in [-0.05, 0) is 86.8 Å². The Labute approximate surface area is 381 Å². The van der Waals surface area contributed by atoms with Crippen molar-refractivity contribution in [1.29, 1.82) is 5.26 Å². The van der Waals surface area contributed by atoms with Crippen molar-refractivity contribution in [3.05, 3.63) is 154 Å². The molecule has 7 rings (SSSR count). The minimum absolute atomic E-state index is 0.0433. The molecule has 2 saturated heterocycles. The molecule has 1 amide bonds. The highest BCUT2D eigenvalue weighted by molar-refractivity contribution is 7.44. The Morgan fingerprint density at radius 3 is 1.95 bits per heavy atom. The number of nitrogens with zero attached hydrogens (tertiary/aromatic N) is 4. The number of fused-ring (bicyclic) bond motifs is 2. The van der Waals surface area contributed by atoms with Gasteiger partial charge in [0, 0.05) is 31.0 Å². The summed E-state index contributed by atoms with van der Waals surface area (Å²) in [7, 11) is 2.89. The van der Waals surface area contributed by atoms with Crippen LogP contribution in [0.25, 0.3) is 0 Å². The Hall–Kier alpha value is -5.53. The van der Waals surface area contributed by atoms with Gasteiger partial charge in [-0.2, -0.15) is 10.2 Å². The second-order valence-corrected chi connectivity index (χ2v) is 17.5. The average Bonchev–Trinajstić information content (AvgIpc) is 3.86. The Morgan fingerprint density at radius 2 is 1.42 bits per heavy atom. The number of rotatable bonds is 21. The molecule has 7 atom stereocenters. The van der Waals surface area contributed by atoms with Crippen LogP contribution >= 0.6 is 8.53 Å². The van der Waals surface area contributed by atoms with E-state index in [1.165, 1.54) is 10.8 Å². The molecule has 2 fully saturated rings. The monoisotopic (exact) mass is 905 g/mol. The third kappa shape index (κ3) is 10.3. The summed E-state index contributed by atoms with van der Waals surface area (Å²) >= 11 is 0. The normalized spacial score (nSPS) is 20.2. The third-order valence-electron chi connectivity index (χ3n) is 11.4. The first-order chi connectivity index (χ1) is 31.5. The van der Waals surface area contributed by atoms with E-state index in [9.17, 15) is 14.9 Å². The standard InChI is InChI=1S/C49H56N5O10P/c1-32(2)54(33(3)4)65(60-30-14-28-50)64-47(63-49(35-17-12-9-13-18-35,36-19-23-38(58-6)24-20-36)37-21-25-39(59-7)26-22-37)42-43-40(31-57-5)61-44(42)46(62-43)53-29-27-41(52-48(53)56)51-45(55)34-15-10-8-11-16-34/h8-13,15-27,29,32-33,40,42-44,46-47H,14,30-31H2,1-7H3,(H,51,52,55,56)/t40-,42+,43-,44-,46-,47?,65?/m1/s1. The summed E-state index contributed by atoms with van der Waals surface area (Å²) in [4.78, 5) is 31.2. The molecule has 2 aliphatic rings. The fraction of sp³-hybridized carbons (Fsp3) is 0.388. The van der Waals surface area contributed by atoms with Gasteiger partial charge < -0.3 is 38.3 Å². The molecule has 3 heterocycles. The van der Waals surface area contributed by atoms with Crippen molar-refractivity contribution in [2.45, 2.75) is 82.6 Å². The van der Waals surface area contributed by atoms with Crippen LogP contribution < -0.4 is 20.5 Å². The number of anilines is 1. The number of amides is 1. The summed E-state index contributed by atoms with van der Waals surface area (Å²) < 4.78 is 55.7. The lowest BCUT2D eigenvalue weighted by Gasteiger charge is -2.43. The maximum atomic E-state index is 14.0. The summed E-state index contributed by atoms with van der Waals surface area (Å²) in [5, 5.41) is 12.3. The summed E-state index contributed by atoms with van der Waals surface area (Å²) in [6.07, 6.45) is -2.66. The predicted octanol–water partition coefficient (Wildman–Crippen LogP) is 8.07. The molecule has 65 heavy (non-hydrogen) atoms. The van der Waals surface area contributed by atoms with Crippen molar-refractivity contribution in [3.63, 3.8) is 0 Å². The lowest BCUT2D eigenvalue weighted by Crippen LogP contribution is -2.45. The highest BCUT2D eigenvalue weighted by Crippen LogP contribution is 2.56. The fourth-order valence-electron chi connectivity index (χ4n) is 8.52. The number of methoxy groups -OCH3 is 3. The van der Waals surface area contributed by atoms with Gasteiger partial charge in [0.25, 0.3) is 14.4 Å². The van der Waals surface area contributed by atoms with Gasteiger partial charge in [-0.15, -0.1) is 0 Å². The summed E-state index contributed by atoms with van der Waals surface area (Å²) in [6, 6.07) is 37.5. The molecule has 2 bridgehead atoms. The number of nitrogens with one attached hydrogen (secondary N) is 1. The van der Waals surface area contributed by atoms with Gasteiger partial charge in [0.15, 0.2) is 12.5 Å². The van der Waals surface area contributed by atoms with E-state index in [2.05, 4.69) is 48.7 Å². The number of ether oxygens (including phenoxy) is 6. The van der Waals surface area contributed by atoms with Crippen LogP contribution in [-0.2, 0) is 33.6 Å². The largest absolute Gasteiger partial charge is 0.497 e. The molecule has 1 aromatic heterocycles. The minimum Gasteiger partial charge on any atom is -0.497 e.